The summed E-state index contributed by atoms with van der Waals surface area (Å²) in [6.07, 6.45) is 0.937. The third-order valence-corrected chi connectivity index (χ3v) is 3.60. The van der Waals surface area contributed by atoms with Gasteiger partial charge in [-0.05, 0) is 49.7 Å². The van der Waals surface area contributed by atoms with Crippen molar-refractivity contribution >= 4 is 24.2 Å². The predicted octanol–water partition coefficient (Wildman–Crippen LogP) is 0.700. The van der Waals surface area contributed by atoms with Crippen LogP contribution in [0.3, 0.4) is 0 Å². The summed E-state index contributed by atoms with van der Waals surface area (Å²) < 4.78 is 5.15. The second kappa shape index (κ2) is 8.60. The van der Waals surface area contributed by atoms with Gasteiger partial charge in [0.05, 0.1) is 0 Å². The van der Waals surface area contributed by atoms with Crippen molar-refractivity contribution in [3.05, 3.63) is 29.8 Å². The molecular weight excluding hydrogens is 306 g/mol. The number of primary amides is 1. The van der Waals surface area contributed by atoms with Gasteiger partial charge < -0.3 is 21.1 Å². The van der Waals surface area contributed by atoms with Gasteiger partial charge in [0.25, 0.3) is 11.8 Å². The minimum atomic E-state index is -0.531. The molecular formula is C15H22ClN3O3. The summed E-state index contributed by atoms with van der Waals surface area (Å²) in [5.41, 5.74) is 5.58. The normalized spacial score (nSPS) is 20.6. The van der Waals surface area contributed by atoms with Crippen molar-refractivity contribution in [3.63, 3.8) is 0 Å². The van der Waals surface area contributed by atoms with Gasteiger partial charge in [0.1, 0.15) is 5.75 Å². The minimum absolute atomic E-state index is 0. The number of carbonyl (C=O) groups is 2. The molecule has 0 spiro atoms. The van der Waals surface area contributed by atoms with Crippen LogP contribution in [0.2, 0.25) is 0 Å². The van der Waals surface area contributed by atoms with Crippen LogP contribution in [-0.4, -0.2) is 37.6 Å². The van der Waals surface area contributed by atoms with Crippen LogP contribution in [0.15, 0.2) is 24.3 Å². The van der Waals surface area contributed by atoms with Gasteiger partial charge in [-0.2, -0.15) is 0 Å². The lowest BCUT2D eigenvalue weighted by molar-refractivity contribution is -0.119. The molecule has 1 aromatic rings. The average Bonchev–Trinajstić information content (AvgIpc) is 2.48. The fourth-order valence-corrected chi connectivity index (χ4v) is 2.34. The van der Waals surface area contributed by atoms with E-state index >= 15 is 0 Å². The van der Waals surface area contributed by atoms with Gasteiger partial charge in [-0.1, -0.05) is 6.92 Å². The van der Waals surface area contributed by atoms with E-state index in [0.29, 0.717) is 17.2 Å². The first-order valence-electron chi connectivity index (χ1n) is 7.09. The SMILES string of the molecule is CC1CNCCC1NC(=O)c1ccc(OCC(N)=O)cc1.Cl. The number of hydrogen-bond donors (Lipinski definition) is 3. The van der Waals surface area contributed by atoms with E-state index in [2.05, 4.69) is 17.6 Å². The van der Waals surface area contributed by atoms with Gasteiger partial charge in [0.15, 0.2) is 6.61 Å². The van der Waals surface area contributed by atoms with Crippen LogP contribution in [0.4, 0.5) is 0 Å². The molecule has 0 aliphatic carbocycles. The number of piperidine rings is 1. The van der Waals surface area contributed by atoms with Gasteiger partial charge in [0, 0.05) is 11.6 Å². The Morgan fingerprint density at radius 1 is 1.36 bits per heavy atom. The van der Waals surface area contributed by atoms with Crippen LogP contribution < -0.4 is 21.1 Å². The minimum Gasteiger partial charge on any atom is -0.484 e. The van der Waals surface area contributed by atoms with E-state index in [1.165, 1.54) is 0 Å². The summed E-state index contributed by atoms with van der Waals surface area (Å²) in [7, 11) is 0. The average molecular weight is 328 g/mol. The van der Waals surface area contributed by atoms with Crippen LogP contribution in [0, 0.1) is 5.92 Å². The van der Waals surface area contributed by atoms with Crippen molar-refractivity contribution in [2.45, 2.75) is 19.4 Å². The predicted molar refractivity (Wildman–Crippen MR) is 86.3 cm³/mol. The van der Waals surface area contributed by atoms with Crippen LogP contribution in [0.1, 0.15) is 23.7 Å². The molecule has 0 radical (unpaired) electrons. The molecule has 1 fully saturated rings. The van der Waals surface area contributed by atoms with Gasteiger partial charge in [0.2, 0.25) is 0 Å². The van der Waals surface area contributed by atoms with Crippen LogP contribution >= 0.6 is 12.4 Å². The molecule has 122 valence electrons. The molecule has 4 N–H and O–H groups in total. The standard InChI is InChI=1S/C15H21N3O3.ClH/c1-10-8-17-7-6-13(10)18-15(20)11-2-4-12(5-3-11)21-9-14(16)19;/h2-5,10,13,17H,6-9H2,1H3,(H2,16,19)(H,18,20);1H. The highest BCUT2D eigenvalue weighted by Gasteiger charge is 2.22. The monoisotopic (exact) mass is 327 g/mol. The largest absolute Gasteiger partial charge is 0.484 e. The van der Waals surface area contributed by atoms with Crippen molar-refractivity contribution in [2.75, 3.05) is 19.7 Å². The first kappa shape index (κ1) is 18.3. The van der Waals surface area contributed by atoms with Crippen molar-refractivity contribution in [1.82, 2.24) is 10.6 Å². The van der Waals surface area contributed by atoms with E-state index < -0.39 is 5.91 Å². The molecule has 2 amide bonds. The third-order valence-electron chi connectivity index (χ3n) is 3.60. The van der Waals surface area contributed by atoms with Crippen molar-refractivity contribution < 1.29 is 14.3 Å². The van der Waals surface area contributed by atoms with Crippen LogP contribution in [-0.2, 0) is 4.79 Å². The summed E-state index contributed by atoms with van der Waals surface area (Å²) in [5, 5.41) is 6.36. The molecule has 2 rings (SSSR count). The van der Waals surface area contributed by atoms with E-state index in [1.54, 1.807) is 24.3 Å². The van der Waals surface area contributed by atoms with E-state index in [-0.39, 0.29) is 31.0 Å². The molecule has 1 aromatic carbocycles. The highest BCUT2D eigenvalue weighted by molar-refractivity contribution is 5.94. The maximum absolute atomic E-state index is 12.2. The Kier molecular flexibility index (Phi) is 7.14. The lowest BCUT2D eigenvalue weighted by Gasteiger charge is -2.30. The van der Waals surface area contributed by atoms with Crippen LogP contribution in [0.5, 0.6) is 5.75 Å². The summed E-state index contributed by atoms with van der Waals surface area (Å²) in [6.45, 7) is 3.80. The fraction of sp³-hybridized carbons (Fsp3) is 0.467. The molecule has 0 aromatic heterocycles. The topological polar surface area (TPSA) is 93.4 Å². The third kappa shape index (κ3) is 5.20. The van der Waals surface area contributed by atoms with Crippen molar-refractivity contribution in [1.29, 1.82) is 0 Å². The number of amides is 2. The van der Waals surface area contributed by atoms with Crippen molar-refractivity contribution in [2.24, 2.45) is 11.7 Å². The Balaban J connectivity index is 0.00000242. The first-order chi connectivity index (χ1) is 10.1. The van der Waals surface area contributed by atoms with Gasteiger partial charge in [-0.3, -0.25) is 9.59 Å². The Hall–Kier alpha value is -1.79. The quantitative estimate of drug-likeness (QED) is 0.742. The Morgan fingerprint density at radius 2 is 2.05 bits per heavy atom. The van der Waals surface area contributed by atoms with E-state index in [0.717, 1.165) is 19.5 Å². The summed E-state index contributed by atoms with van der Waals surface area (Å²) in [5.74, 6) is 0.313. The second-order valence-corrected chi connectivity index (χ2v) is 5.33. The Bertz CT molecular complexity index is 507. The first-order valence-corrected chi connectivity index (χ1v) is 7.09. The zero-order valence-electron chi connectivity index (χ0n) is 12.5. The number of carbonyl (C=O) groups excluding carboxylic acids is 2. The molecule has 1 aliphatic rings. The summed E-state index contributed by atoms with van der Waals surface area (Å²) in [6, 6.07) is 6.87. The van der Waals surface area contributed by atoms with Gasteiger partial charge in [-0.25, -0.2) is 0 Å². The number of ether oxygens (including phenoxy) is 1. The smallest absolute Gasteiger partial charge is 0.255 e. The molecule has 1 saturated heterocycles. The van der Waals surface area contributed by atoms with Gasteiger partial charge in [-0.15, -0.1) is 12.4 Å². The molecule has 2 unspecified atom stereocenters. The molecule has 22 heavy (non-hydrogen) atoms. The molecule has 7 heteroatoms. The second-order valence-electron chi connectivity index (χ2n) is 5.33. The molecule has 0 bridgehead atoms. The highest BCUT2D eigenvalue weighted by atomic mass is 35.5. The number of halogens is 1. The Labute approximate surface area is 136 Å². The van der Waals surface area contributed by atoms with E-state index in [9.17, 15) is 9.59 Å². The highest BCUT2D eigenvalue weighted by Crippen LogP contribution is 2.14. The van der Waals surface area contributed by atoms with E-state index in [1.807, 2.05) is 0 Å². The number of nitrogens with one attached hydrogen (secondary N) is 2. The zero-order valence-corrected chi connectivity index (χ0v) is 13.3. The summed E-state index contributed by atoms with van der Waals surface area (Å²) >= 11 is 0. The molecule has 2 atom stereocenters. The number of nitrogens with two attached hydrogens (primary N) is 1. The lowest BCUT2D eigenvalue weighted by atomic mass is 9.95. The van der Waals surface area contributed by atoms with Crippen molar-refractivity contribution in [3.8, 4) is 5.75 Å². The number of rotatable bonds is 5. The Morgan fingerprint density at radius 3 is 2.64 bits per heavy atom. The maximum Gasteiger partial charge on any atom is 0.255 e. The molecule has 6 nitrogen and oxygen atoms in total. The molecule has 1 heterocycles. The van der Waals surface area contributed by atoms with E-state index in [4.69, 9.17) is 10.5 Å². The lowest BCUT2D eigenvalue weighted by Crippen LogP contribution is -2.48. The molecule has 1 aliphatic heterocycles. The maximum atomic E-state index is 12.2. The van der Waals surface area contributed by atoms with Crippen LogP contribution in [0.25, 0.3) is 0 Å². The fourth-order valence-electron chi connectivity index (χ4n) is 2.34. The number of hydrogen-bond acceptors (Lipinski definition) is 4. The van der Waals surface area contributed by atoms with Gasteiger partial charge >= 0.3 is 0 Å². The summed E-state index contributed by atoms with van der Waals surface area (Å²) in [4.78, 5) is 22.8. The molecule has 0 saturated carbocycles. The number of benzene rings is 1. The zero-order chi connectivity index (χ0) is 15.2.